The van der Waals surface area contributed by atoms with E-state index in [-0.39, 0.29) is 12.1 Å². The lowest BCUT2D eigenvalue weighted by Gasteiger charge is -2.25. The molecule has 4 rings (SSSR count). The van der Waals surface area contributed by atoms with Crippen molar-refractivity contribution < 1.29 is 9.84 Å². The van der Waals surface area contributed by atoms with E-state index in [0.29, 0.717) is 6.54 Å². The van der Waals surface area contributed by atoms with E-state index in [0.717, 1.165) is 29.6 Å². The van der Waals surface area contributed by atoms with Crippen molar-refractivity contribution in [2.45, 2.75) is 25.1 Å². The maximum Gasteiger partial charge on any atom is 0.119 e. The Morgan fingerprint density at radius 2 is 2.21 bits per heavy atom. The molecule has 1 aromatic heterocycles. The zero-order chi connectivity index (χ0) is 16.5. The molecule has 2 atom stereocenters. The van der Waals surface area contributed by atoms with Crippen molar-refractivity contribution in [3.05, 3.63) is 59.8 Å². The molecule has 1 aliphatic heterocycles. The van der Waals surface area contributed by atoms with Crippen LogP contribution in [0.5, 0.6) is 5.75 Å². The Kier molecular flexibility index (Phi) is 3.96. The number of aromatic amines is 1. The van der Waals surface area contributed by atoms with Crippen LogP contribution in [0.25, 0.3) is 10.9 Å². The van der Waals surface area contributed by atoms with Gasteiger partial charge in [0.15, 0.2) is 0 Å². The number of nitrogens with one attached hydrogen (secondary N) is 1. The number of aliphatic hydroxyl groups excluding tert-OH is 1. The minimum atomic E-state index is -0.294. The summed E-state index contributed by atoms with van der Waals surface area (Å²) in [4.78, 5) is 2.33. The summed E-state index contributed by atoms with van der Waals surface area (Å²) in [5.74, 6) is 0.854. The van der Waals surface area contributed by atoms with Crippen molar-refractivity contribution in [3.63, 3.8) is 0 Å². The zero-order valence-electron chi connectivity index (χ0n) is 13.6. The van der Waals surface area contributed by atoms with Crippen LogP contribution in [0, 0.1) is 0 Å². The van der Waals surface area contributed by atoms with E-state index in [1.807, 2.05) is 18.3 Å². The van der Waals surface area contributed by atoms with Gasteiger partial charge in [-0.1, -0.05) is 24.3 Å². The van der Waals surface area contributed by atoms with Gasteiger partial charge in [-0.25, -0.2) is 0 Å². The van der Waals surface area contributed by atoms with Crippen LogP contribution in [0.2, 0.25) is 0 Å². The van der Waals surface area contributed by atoms with Gasteiger partial charge in [0.2, 0.25) is 0 Å². The molecule has 2 N–H and O–H groups in total. The first-order valence-electron chi connectivity index (χ1n) is 8.21. The van der Waals surface area contributed by atoms with Gasteiger partial charge < -0.3 is 9.84 Å². The molecular formula is C19H21N3O2. The number of ether oxygens (including phenoxy) is 1. The monoisotopic (exact) mass is 323 g/mol. The molecule has 1 saturated heterocycles. The molecule has 0 saturated carbocycles. The SMILES string of the molecule is COc1cccc([C@@H]2C[C@H](O)CN2Cc2ccc3cn[nH]c3c2)c1. The van der Waals surface area contributed by atoms with E-state index in [1.54, 1.807) is 7.11 Å². The minimum absolute atomic E-state index is 0.201. The summed E-state index contributed by atoms with van der Waals surface area (Å²) in [7, 11) is 1.68. The van der Waals surface area contributed by atoms with Gasteiger partial charge in [-0.2, -0.15) is 5.10 Å². The van der Waals surface area contributed by atoms with E-state index < -0.39 is 0 Å². The van der Waals surface area contributed by atoms with Crippen molar-refractivity contribution in [1.82, 2.24) is 15.1 Å². The first kappa shape index (κ1) is 15.2. The molecule has 5 heteroatoms. The lowest BCUT2D eigenvalue weighted by atomic mass is 10.0. The van der Waals surface area contributed by atoms with Gasteiger partial charge in [0.25, 0.3) is 0 Å². The van der Waals surface area contributed by atoms with Crippen molar-refractivity contribution >= 4 is 10.9 Å². The molecule has 0 amide bonds. The van der Waals surface area contributed by atoms with Crippen LogP contribution in [-0.2, 0) is 6.54 Å². The van der Waals surface area contributed by atoms with Gasteiger partial charge in [0, 0.05) is 24.5 Å². The lowest BCUT2D eigenvalue weighted by molar-refractivity contribution is 0.172. The largest absolute Gasteiger partial charge is 0.497 e. The average Bonchev–Trinajstić information content (AvgIpc) is 3.21. The minimum Gasteiger partial charge on any atom is -0.497 e. The molecule has 0 bridgehead atoms. The fraction of sp³-hybridized carbons (Fsp3) is 0.316. The van der Waals surface area contributed by atoms with Gasteiger partial charge in [-0.15, -0.1) is 0 Å². The number of benzene rings is 2. The Balaban J connectivity index is 1.59. The number of aromatic nitrogens is 2. The third kappa shape index (κ3) is 2.88. The predicted molar refractivity (Wildman–Crippen MR) is 92.9 cm³/mol. The Labute approximate surface area is 140 Å². The van der Waals surface area contributed by atoms with Crippen LogP contribution in [0.4, 0.5) is 0 Å². The molecule has 124 valence electrons. The predicted octanol–water partition coefficient (Wildman–Crippen LogP) is 2.88. The van der Waals surface area contributed by atoms with Crippen LogP contribution in [-0.4, -0.2) is 40.0 Å². The number of fused-ring (bicyclic) bond motifs is 1. The summed E-state index contributed by atoms with van der Waals surface area (Å²) in [6.45, 7) is 1.48. The van der Waals surface area contributed by atoms with Gasteiger partial charge in [0.1, 0.15) is 5.75 Å². The second kappa shape index (κ2) is 6.26. The number of H-pyrrole nitrogens is 1. The normalized spacial score (nSPS) is 21.4. The molecule has 5 nitrogen and oxygen atoms in total. The van der Waals surface area contributed by atoms with E-state index in [9.17, 15) is 5.11 Å². The maximum atomic E-state index is 10.2. The number of aliphatic hydroxyl groups is 1. The number of hydrogen-bond acceptors (Lipinski definition) is 4. The maximum absolute atomic E-state index is 10.2. The van der Waals surface area contributed by atoms with Gasteiger partial charge >= 0.3 is 0 Å². The highest BCUT2D eigenvalue weighted by atomic mass is 16.5. The molecular weight excluding hydrogens is 302 g/mol. The molecule has 0 spiro atoms. The highest BCUT2D eigenvalue weighted by Gasteiger charge is 2.32. The second-order valence-corrected chi connectivity index (χ2v) is 6.40. The number of likely N-dealkylation sites (tertiary alicyclic amines) is 1. The van der Waals surface area contributed by atoms with Gasteiger partial charge in [0.05, 0.1) is 24.9 Å². The fourth-order valence-electron chi connectivity index (χ4n) is 3.57. The van der Waals surface area contributed by atoms with Crippen molar-refractivity contribution in [3.8, 4) is 5.75 Å². The number of hydrogen-bond donors (Lipinski definition) is 2. The topological polar surface area (TPSA) is 61.4 Å². The Bertz CT molecular complexity index is 845. The molecule has 2 aromatic carbocycles. The highest BCUT2D eigenvalue weighted by Crippen LogP contribution is 2.35. The highest BCUT2D eigenvalue weighted by molar-refractivity contribution is 5.78. The summed E-state index contributed by atoms with van der Waals surface area (Å²) < 4.78 is 5.34. The Hall–Kier alpha value is -2.37. The summed E-state index contributed by atoms with van der Waals surface area (Å²) >= 11 is 0. The molecule has 0 aliphatic carbocycles. The molecule has 0 unspecified atom stereocenters. The smallest absolute Gasteiger partial charge is 0.119 e. The second-order valence-electron chi connectivity index (χ2n) is 6.40. The number of rotatable bonds is 4. The Morgan fingerprint density at radius 3 is 3.08 bits per heavy atom. The molecule has 1 fully saturated rings. The number of nitrogens with zero attached hydrogens (tertiary/aromatic N) is 2. The molecule has 24 heavy (non-hydrogen) atoms. The number of β-amino-alcohol motifs (C(OH)–C–C–N with tert-alkyl or cyclic N) is 1. The van der Waals surface area contributed by atoms with E-state index in [1.165, 1.54) is 11.1 Å². The van der Waals surface area contributed by atoms with Crippen LogP contribution >= 0.6 is 0 Å². The van der Waals surface area contributed by atoms with Gasteiger partial charge in [-0.05, 0) is 35.7 Å². The van der Waals surface area contributed by atoms with Crippen LogP contribution in [0.3, 0.4) is 0 Å². The fourth-order valence-corrected chi connectivity index (χ4v) is 3.57. The van der Waals surface area contributed by atoms with E-state index >= 15 is 0 Å². The summed E-state index contributed by atoms with van der Waals surface area (Å²) in [6, 6.07) is 14.7. The first-order chi connectivity index (χ1) is 11.7. The van der Waals surface area contributed by atoms with Crippen LogP contribution in [0.15, 0.2) is 48.7 Å². The molecule has 1 aliphatic rings. The van der Waals surface area contributed by atoms with Crippen LogP contribution < -0.4 is 4.74 Å². The quantitative estimate of drug-likeness (QED) is 0.775. The average molecular weight is 323 g/mol. The zero-order valence-corrected chi connectivity index (χ0v) is 13.6. The van der Waals surface area contributed by atoms with Crippen molar-refractivity contribution in [2.24, 2.45) is 0 Å². The van der Waals surface area contributed by atoms with E-state index in [2.05, 4.69) is 45.4 Å². The molecule has 3 aromatic rings. The lowest BCUT2D eigenvalue weighted by Crippen LogP contribution is -2.24. The molecule has 2 heterocycles. The third-order valence-electron chi connectivity index (χ3n) is 4.75. The summed E-state index contributed by atoms with van der Waals surface area (Å²) in [5, 5.41) is 18.4. The van der Waals surface area contributed by atoms with Crippen molar-refractivity contribution in [1.29, 1.82) is 0 Å². The number of methoxy groups -OCH3 is 1. The van der Waals surface area contributed by atoms with Crippen molar-refractivity contribution in [2.75, 3.05) is 13.7 Å². The van der Waals surface area contributed by atoms with Gasteiger partial charge in [-0.3, -0.25) is 10.00 Å². The summed E-state index contributed by atoms with van der Waals surface area (Å²) in [5.41, 5.74) is 3.45. The summed E-state index contributed by atoms with van der Waals surface area (Å²) in [6.07, 6.45) is 2.29. The standard InChI is InChI=1S/C19H21N3O2/c1-24-17-4-2-3-14(8-17)19-9-16(23)12-22(19)11-13-5-6-15-10-20-21-18(15)7-13/h2-8,10,16,19,23H,9,11-12H2,1H3,(H,20,21)/t16-,19-/m0/s1. The molecule has 0 radical (unpaired) electrons. The first-order valence-corrected chi connectivity index (χ1v) is 8.21. The Morgan fingerprint density at radius 1 is 1.29 bits per heavy atom. The van der Waals surface area contributed by atoms with E-state index in [4.69, 9.17) is 4.74 Å². The third-order valence-corrected chi connectivity index (χ3v) is 4.75. The van der Waals surface area contributed by atoms with Crippen LogP contribution in [0.1, 0.15) is 23.6 Å².